The molecular formula is C16H25FN2. The molecule has 1 aromatic rings. The number of halogens is 1. The van der Waals surface area contributed by atoms with Crippen molar-refractivity contribution in [1.29, 1.82) is 0 Å². The third-order valence-electron chi connectivity index (χ3n) is 4.01. The van der Waals surface area contributed by atoms with Crippen molar-refractivity contribution in [1.82, 2.24) is 0 Å². The maximum atomic E-state index is 13.8. The Balaban J connectivity index is 2.40. The van der Waals surface area contributed by atoms with E-state index in [-0.39, 0.29) is 11.9 Å². The molecule has 1 aliphatic heterocycles. The monoisotopic (exact) mass is 264 g/mol. The number of hydrogen-bond acceptors (Lipinski definition) is 2. The highest BCUT2D eigenvalue weighted by Crippen LogP contribution is 2.32. The highest BCUT2D eigenvalue weighted by molar-refractivity contribution is 5.57. The van der Waals surface area contributed by atoms with Crippen LogP contribution in [0.3, 0.4) is 0 Å². The first-order chi connectivity index (χ1) is 8.88. The molecule has 0 radical (unpaired) electrons. The maximum Gasteiger partial charge on any atom is 0.126 e. The van der Waals surface area contributed by atoms with Crippen LogP contribution in [0.4, 0.5) is 10.1 Å². The lowest BCUT2D eigenvalue weighted by molar-refractivity contribution is 0.356. The second kappa shape index (κ2) is 5.49. The summed E-state index contributed by atoms with van der Waals surface area (Å²) in [7, 11) is 0. The van der Waals surface area contributed by atoms with Crippen LogP contribution in [0.2, 0.25) is 0 Å². The van der Waals surface area contributed by atoms with E-state index in [1.54, 1.807) is 6.07 Å². The van der Waals surface area contributed by atoms with Gasteiger partial charge in [0.1, 0.15) is 5.82 Å². The molecule has 0 amide bonds. The second-order valence-electron chi connectivity index (χ2n) is 6.30. The van der Waals surface area contributed by atoms with Crippen LogP contribution in [-0.4, -0.2) is 13.1 Å². The largest absolute Gasteiger partial charge is 0.371 e. The minimum absolute atomic E-state index is 0.141. The van der Waals surface area contributed by atoms with Crippen LogP contribution < -0.4 is 10.6 Å². The molecule has 106 valence electrons. The van der Waals surface area contributed by atoms with Crippen molar-refractivity contribution in [2.24, 2.45) is 17.6 Å². The second-order valence-corrected chi connectivity index (χ2v) is 6.30. The lowest BCUT2D eigenvalue weighted by Gasteiger charge is -2.38. The number of piperidine rings is 1. The van der Waals surface area contributed by atoms with E-state index in [0.29, 0.717) is 17.4 Å². The third kappa shape index (κ3) is 3.08. The Morgan fingerprint density at radius 1 is 1.26 bits per heavy atom. The predicted octanol–water partition coefficient (Wildman–Crippen LogP) is 3.64. The van der Waals surface area contributed by atoms with Gasteiger partial charge in [-0.1, -0.05) is 13.8 Å². The number of benzene rings is 1. The first kappa shape index (κ1) is 14.3. The van der Waals surface area contributed by atoms with E-state index in [4.69, 9.17) is 5.73 Å². The molecule has 1 heterocycles. The van der Waals surface area contributed by atoms with Crippen LogP contribution >= 0.6 is 0 Å². The van der Waals surface area contributed by atoms with Crippen molar-refractivity contribution in [2.45, 2.75) is 40.2 Å². The van der Waals surface area contributed by atoms with Gasteiger partial charge in [0, 0.05) is 24.8 Å². The van der Waals surface area contributed by atoms with Crippen LogP contribution in [-0.2, 0) is 0 Å². The number of hydrogen-bond donors (Lipinski definition) is 1. The van der Waals surface area contributed by atoms with Crippen LogP contribution in [0.15, 0.2) is 12.1 Å². The summed E-state index contributed by atoms with van der Waals surface area (Å²) in [5.74, 6) is 1.19. The summed E-state index contributed by atoms with van der Waals surface area (Å²) >= 11 is 0. The zero-order valence-corrected chi connectivity index (χ0v) is 12.4. The maximum absolute atomic E-state index is 13.8. The van der Waals surface area contributed by atoms with Crippen LogP contribution in [0.5, 0.6) is 0 Å². The lowest BCUT2D eigenvalue weighted by Crippen LogP contribution is -2.39. The van der Waals surface area contributed by atoms with Gasteiger partial charge in [-0.2, -0.15) is 0 Å². The van der Waals surface area contributed by atoms with E-state index in [1.807, 2.05) is 19.9 Å². The van der Waals surface area contributed by atoms with Crippen molar-refractivity contribution >= 4 is 5.69 Å². The smallest absolute Gasteiger partial charge is 0.126 e. The fourth-order valence-electron chi connectivity index (χ4n) is 3.18. The Labute approximate surface area is 115 Å². The van der Waals surface area contributed by atoms with Gasteiger partial charge in [-0.05, 0) is 55.4 Å². The molecule has 1 aliphatic rings. The van der Waals surface area contributed by atoms with E-state index in [1.165, 1.54) is 6.42 Å². The van der Waals surface area contributed by atoms with Crippen molar-refractivity contribution in [3.8, 4) is 0 Å². The summed E-state index contributed by atoms with van der Waals surface area (Å²) in [5.41, 5.74) is 8.75. The summed E-state index contributed by atoms with van der Waals surface area (Å²) in [6.45, 7) is 10.4. The SMILES string of the molecule is Cc1cc(N2CC(C)CC(C)C2)c([C@H](C)N)cc1F. The Morgan fingerprint density at radius 3 is 2.37 bits per heavy atom. The van der Waals surface area contributed by atoms with Crippen LogP contribution in [0, 0.1) is 24.6 Å². The summed E-state index contributed by atoms with van der Waals surface area (Å²) in [6, 6.07) is 3.43. The topological polar surface area (TPSA) is 29.3 Å². The van der Waals surface area contributed by atoms with E-state index in [9.17, 15) is 4.39 Å². The Kier molecular flexibility index (Phi) is 4.14. The van der Waals surface area contributed by atoms with Gasteiger partial charge >= 0.3 is 0 Å². The molecule has 1 aromatic carbocycles. The summed E-state index contributed by atoms with van der Waals surface area (Å²) in [5, 5.41) is 0. The lowest BCUT2D eigenvalue weighted by atomic mass is 9.90. The van der Waals surface area contributed by atoms with Crippen molar-refractivity contribution in [2.75, 3.05) is 18.0 Å². The summed E-state index contributed by atoms with van der Waals surface area (Å²) < 4.78 is 13.8. The van der Waals surface area contributed by atoms with Crippen molar-refractivity contribution < 1.29 is 4.39 Å². The highest BCUT2D eigenvalue weighted by atomic mass is 19.1. The number of nitrogens with zero attached hydrogens (tertiary/aromatic N) is 1. The standard InChI is InChI=1S/C16H25FN2/c1-10-5-11(2)9-19(8-10)16-6-12(3)15(17)7-14(16)13(4)18/h6-7,10-11,13H,5,8-9,18H2,1-4H3/t10?,11?,13-/m0/s1. The number of anilines is 1. The van der Waals surface area contributed by atoms with Gasteiger partial charge in [-0.3, -0.25) is 0 Å². The summed E-state index contributed by atoms with van der Waals surface area (Å²) in [4.78, 5) is 2.38. The molecule has 3 atom stereocenters. The summed E-state index contributed by atoms with van der Waals surface area (Å²) in [6.07, 6.45) is 1.27. The average molecular weight is 264 g/mol. The van der Waals surface area contributed by atoms with E-state index < -0.39 is 0 Å². The molecule has 1 fully saturated rings. The Hall–Kier alpha value is -1.09. The molecule has 2 nitrogen and oxygen atoms in total. The normalized spacial score (nSPS) is 25.5. The van der Waals surface area contributed by atoms with Gasteiger partial charge < -0.3 is 10.6 Å². The van der Waals surface area contributed by atoms with E-state index in [0.717, 1.165) is 24.3 Å². The van der Waals surface area contributed by atoms with Gasteiger partial charge in [-0.25, -0.2) is 4.39 Å². The molecule has 0 aliphatic carbocycles. The van der Waals surface area contributed by atoms with E-state index >= 15 is 0 Å². The molecule has 1 saturated heterocycles. The van der Waals surface area contributed by atoms with Crippen molar-refractivity contribution in [3.05, 3.63) is 29.1 Å². The van der Waals surface area contributed by atoms with Crippen LogP contribution in [0.25, 0.3) is 0 Å². The Morgan fingerprint density at radius 2 is 1.84 bits per heavy atom. The number of rotatable bonds is 2. The predicted molar refractivity (Wildman–Crippen MR) is 78.9 cm³/mol. The molecule has 2 rings (SSSR count). The third-order valence-corrected chi connectivity index (χ3v) is 4.01. The average Bonchev–Trinajstić information content (AvgIpc) is 2.30. The minimum Gasteiger partial charge on any atom is -0.371 e. The minimum atomic E-state index is -0.158. The molecule has 0 aromatic heterocycles. The van der Waals surface area contributed by atoms with Gasteiger partial charge in [0.2, 0.25) is 0 Å². The molecule has 0 bridgehead atoms. The molecule has 3 heteroatoms. The fourth-order valence-corrected chi connectivity index (χ4v) is 3.18. The first-order valence-corrected chi connectivity index (χ1v) is 7.19. The highest BCUT2D eigenvalue weighted by Gasteiger charge is 2.24. The van der Waals surface area contributed by atoms with Gasteiger partial charge in [-0.15, -0.1) is 0 Å². The fraction of sp³-hybridized carbons (Fsp3) is 0.625. The van der Waals surface area contributed by atoms with Crippen molar-refractivity contribution in [3.63, 3.8) is 0 Å². The number of nitrogens with two attached hydrogens (primary N) is 1. The Bertz CT molecular complexity index is 446. The zero-order chi connectivity index (χ0) is 14.2. The van der Waals surface area contributed by atoms with E-state index in [2.05, 4.69) is 18.7 Å². The molecule has 19 heavy (non-hydrogen) atoms. The van der Waals surface area contributed by atoms with Gasteiger partial charge in [0.25, 0.3) is 0 Å². The zero-order valence-electron chi connectivity index (χ0n) is 12.4. The number of aryl methyl sites for hydroxylation is 1. The molecular weight excluding hydrogens is 239 g/mol. The van der Waals surface area contributed by atoms with Gasteiger partial charge in [0.15, 0.2) is 0 Å². The molecule has 2 N–H and O–H groups in total. The molecule has 0 saturated carbocycles. The molecule has 0 spiro atoms. The molecule has 2 unspecified atom stereocenters. The van der Waals surface area contributed by atoms with Crippen LogP contribution in [0.1, 0.15) is 44.4 Å². The van der Waals surface area contributed by atoms with Gasteiger partial charge in [0.05, 0.1) is 0 Å². The first-order valence-electron chi connectivity index (χ1n) is 7.19. The quantitative estimate of drug-likeness (QED) is 0.883.